The third-order valence-electron chi connectivity index (χ3n) is 4.19. The molecule has 8 heteroatoms. The zero-order valence-electron chi connectivity index (χ0n) is 19.5. The van der Waals surface area contributed by atoms with Crippen molar-refractivity contribution in [3.63, 3.8) is 0 Å². The summed E-state index contributed by atoms with van der Waals surface area (Å²) in [5, 5.41) is 0. The monoisotopic (exact) mass is 513 g/mol. The van der Waals surface area contributed by atoms with E-state index in [0.29, 0.717) is 18.8 Å². The molecule has 0 aliphatic carbocycles. The van der Waals surface area contributed by atoms with Gasteiger partial charge in [-0.25, -0.2) is 4.79 Å². The fourth-order valence-electron chi connectivity index (χ4n) is 2.95. The number of esters is 1. The quantitative estimate of drug-likeness (QED) is 0.110. The lowest BCUT2D eigenvalue weighted by molar-refractivity contribution is -0.893. The van der Waals surface area contributed by atoms with Crippen LogP contribution in [0.25, 0.3) is 0 Å². The van der Waals surface area contributed by atoms with Crippen LogP contribution in [0.3, 0.4) is 0 Å². The average molecular weight is 515 g/mol. The van der Waals surface area contributed by atoms with E-state index >= 15 is 0 Å². The molecule has 0 aromatic carbocycles. The maximum absolute atomic E-state index is 12.0. The van der Waals surface area contributed by atoms with Crippen molar-refractivity contribution >= 4 is 23.3 Å². The lowest BCUT2D eigenvalue weighted by Crippen LogP contribution is -3.00. The van der Waals surface area contributed by atoms with Crippen LogP contribution in [0, 0.1) is 0 Å². The number of quaternary nitrogens is 1. The fourth-order valence-corrected chi connectivity index (χ4v) is 9.00. The molecule has 2 unspecified atom stereocenters. The molecule has 0 spiro atoms. The molecule has 0 N–H and O–H groups in total. The predicted octanol–water partition coefficient (Wildman–Crippen LogP) is 1.60. The van der Waals surface area contributed by atoms with Gasteiger partial charge in [0.2, 0.25) is 0 Å². The second kappa shape index (κ2) is 16.7. The summed E-state index contributed by atoms with van der Waals surface area (Å²) in [5.74, 6) is -0.330. The van der Waals surface area contributed by atoms with Gasteiger partial charge in [0.25, 0.3) is 0 Å². The summed E-state index contributed by atoms with van der Waals surface area (Å²) in [6, 6.07) is 1.12. The molecule has 5 nitrogen and oxygen atoms in total. The number of hydrogen-bond donors (Lipinski definition) is 0. The Balaban J connectivity index is -0.00000338. The molecule has 0 rings (SSSR count). The maximum Gasteiger partial charge on any atom is 0.333 e. The Kier molecular flexibility index (Phi) is 19.3. The first kappa shape index (κ1) is 33.6. The van der Waals surface area contributed by atoms with Gasteiger partial charge in [0.05, 0.1) is 27.2 Å². The number of likely N-dealkylation sites (N-methyl/N-ethyl adjacent to an activating group) is 1. The van der Waals surface area contributed by atoms with Crippen LogP contribution in [0.15, 0.2) is 12.2 Å². The van der Waals surface area contributed by atoms with E-state index in [0.717, 1.165) is 42.9 Å². The van der Waals surface area contributed by atoms with Gasteiger partial charge in [-0.1, -0.05) is 27.4 Å². The predicted molar refractivity (Wildman–Crippen MR) is 126 cm³/mol. The van der Waals surface area contributed by atoms with Gasteiger partial charge in [-0.15, -0.1) is 0 Å². The van der Waals surface area contributed by atoms with E-state index in [9.17, 15) is 4.79 Å². The Morgan fingerprint density at radius 1 is 1.21 bits per heavy atom. The Hall–Kier alpha value is 0.00377. The van der Waals surface area contributed by atoms with Gasteiger partial charge in [-0.2, -0.15) is 0 Å². The second-order valence-corrected chi connectivity index (χ2v) is 16.6. The minimum Gasteiger partial charge on any atom is -1.00 e. The van der Waals surface area contributed by atoms with Crippen molar-refractivity contribution in [2.24, 2.45) is 0 Å². The summed E-state index contributed by atoms with van der Waals surface area (Å²) < 4.78 is 18.5. The number of ether oxygens (including phenoxy) is 2. The minimum atomic E-state index is -1.42. The van der Waals surface area contributed by atoms with Crippen LogP contribution in [0.5, 0.6) is 0 Å². The molecule has 0 amide bonds. The van der Waals surface area contributed by atoms with Crippen LogP contribution in [0.2, 0.25) is 32.2 Å². The SMILES string of the molecule is C.C=C(C)C(=O)OC(COCCC[SiH](C)O[Si](C)(C)C)C[N+](C)(C)CCCC.[Br-]. The molecular weight excluding hydrogens is 466 g/mol. The molecule has 2 atom stereocenters. The van der Waals surface area contributed by atoms with Crippen LogP contribution < -0.4 is 17.0 Å². The standard InChI is InChI=1S/C20H44NO4Si2.CH4.BrH/c1-10-11-13-21(4,5)16-19(24-20(22)18(2)3)17-23-14-12-15-26(6)25-27(7,8)9;;/h19,26H,2,10-17H2,1,3-9H3;1H4;1H/q+1;;/p-1. The van der Waals surface area contributed by atoms with Gasteiger partial charge in [-0.05, 0) is 52.0 Å². The molecule has 176 valence electrons. The first-order valence-electron chi connectivity index (χ1n) is 10.3. The molecule has 0 bridgehead atoms. The van der Waals surface area contributed by atoms with Gasteiger partial charge >= 0.3 is 5.97 Å². The van der Waals surface area contributed by atoms with Crippen LogP contribution >= 0.6 is 0 Å². The zero-order valence-corrected chi connectivity index (χ0v) is 23.2. The van der Waals surface area contributed by atoms with E-state index < -0.39 is 17.4 Å². The van der Waals surface area contributed by atoms with Crippen molar-refractivity contribution in [3.8, 4) is 0 Å². The topological polar surface area (TPSA) is 44.8 Å². The molecule has 0 aliphatic rings. The van der Waals surface area contributed by atoms with Gasteiger partial charge in [-0.3, -0.25) is 0 Å². The molecule has 0 saturated heterocycles. The Labute approximate surface area is 194 Å². The van der Waals surface area contributed by atoms with E-state index in [4.69, 9.17) is 13.6 Å². The summed E-state index contributed by atoms with van der Waals surface area (Å²) in [6.45, 7) is 19.5. The Morgan fingerprint density at radius 3 is 2.28 bits per heavy atom. The van der Waals surface area contributed by atoms with Gasteiger partial charge in [0.1, 0.15) is 6.54 Å². The fraction of sp³-hybridized carbons (Fsp3) is 0.857. The summed E-state index contributed by atoms with van der Waals surface area (Å²) in [5.41, 5.74) is 0.433. The van der Waals surface area contributed by atoms with Crippen molar-refractivity contribution in [2.75, 3.05) is 40.4 Å². The summed E-state index contributed by atoms with van der Waals surface area (Å²) in [6.07, 6.45) is 3.09. The first-order valence-corrected chi connectivity index (χ1v) is 16.2. The van der Waals surface area contributed by atoms with Crippen LogP contribution in [0.4, 0.5) is 0 Å². The number of hydrogen-bond acceptors (Lipinski definition) is 4. The van der Waals surface area contributed by atoms with Crippen molar-refractivity contribution in [2.45, 2.75) is 78.9 Å². The molecule has 0 aromatic heterocycles. The van der Waals surface area contributed by atoms with Crippen molar-refractivity contribution < 1.29 is 39.8 Å². The second-order valence-electron chi connectivity index (χ2n) is 9.26. The third-order valence-corrected chi connectivity index (χ3v) is 9.85. The highest BCUT2D eigenvalue weighted by Gasteiger charge is 2.25. The smallest absolute Gasteiger partial charge is 0.333 e. The zero-order chi connectivity index (χ0) is 21.1. The van der Waals surface area contributed by atoms with Crippen LogP contribution in [-0.4, -0.2) is 74.3 Å². The third kappa shape index (κ3) is 19.7. The molecular formula is C21H48BrNO4Si2. The molecule has 0 radical (unpaired) electrons. The highest BCUT2D eigenvalue weighted by molar-refractivity contribution is 6.77. The summed E-state index contributed by atoms with van der Waals surface area (Å²) in [4.78, 5) is 12.0. The number of unbranched alkanes of at least 4 members (excludes halogenated alkanes) is 1. The van der Waals surface area contributed by atoms with E-state index in [1.165, 1.54) is 0 Å². The average Bonchev–Trinajstić information content (AvgIpc) is 2.50. The van der Waals surface area contributed by atoms with E-state index in [1.807, 2.05) is 0 Å². The molecule has 0 fully saturated rings. The number of halogens is 1. The number of rotatable bonds is 15. The van der Waals surface area contributed by atoms with Gasteiger partial charge in [0, 0.05) is 12.2 Å². The van der Waals surface area contributed by atoms with E-state index in [-0.39, 0.29) is 36.5 Å². The number of nitrogens with zero attached hydrogens (tertiary/aromatic N) is 1. The normalized spacial score (nSPS) is 13.7. The lowest BCUT2D eigenvalue weighted by atomic mass is 10.2. The van der Waals surface area contributed by atoms with Crippen molar-refractivity contribution in [1.82, 2.24) is 0 Å². The minimum absolute atomic E-state index is 0. The molecule has 29 heavy (non-hydrogen) atoms. The van der Waals surface area contributed by atoms with Gasteiger partial charge < -0.3 is 35.1 Å². The lowest BCUT2D eigenvalue weighted by Gasteiger charge is -2.33. The van der Waals surface area contributed by atoms with Crippen LogP contribution in [0.1, 0.15) is 40.5 Å². The maximum atomic E-state index is 12.0. The van der Waals surface area contributed by atoms with Crippen molar-refractivity contribution in [3.05, 3.63) is 12.2 Å². The molecule has 0 aromatic rings. The molecule has 0 heterocycles. The van der Waals surface area contributed by atoms with E-state index in [1.54, 1.807) is 6.92 Å². The highest BCUT2D eigenvalue weighted by Crippen LogP contribution is 2.11. The first-order chi connectivity index (χ1) is 12.4. The summed E-state index contributed by atoms with van der Waals surface area (Å²) in [7, 11) is 1.84. The Morgan fingerprint density at radius 2 is 1.79 bits per heavy atom. The number of carbonyl (C=O) groups excluding carboxylic acids is 1. The largest absolute Gasteiger partial charge is 1.00 e. The van der Waals surface area contributed by atoms with Crippen molar-refractivity contribution in [1.29, 1.82) is 0 Å². The van der Waals surface area contributed by atoms with E-state index in [2.05, 4.69) is 53.8 Å². The Bertz CT molecular complexity index is 456. The van der Waals surface area contributed by atoms with Crippen LogP contribution in [-0.2, 0) is 18.4 Å². The molecule has 0 aliphatic heterocycles. The van der Waals surface area contributed by atoms with Gasteiger partial charge in [0.15, 0.2) is 23.5 Å². The molecule has 0 saturated carbocycles. The summed E-state index contributed by atoms with van der Waals surface area (Å²) >= 11 is 0. The number of carbonyl (C=O) groups is 1. The highest BCUT2D eigenvalue weighted by atomic mass is 79.9.